The molecule has 1 unspecified atom stereocenters. The van der Waals surface area contributed by atoms with Crippen LogP contribution in [0.2, 0.25) is 0 Å². The van der Waals surface area contributed by atoms with Crippen molar-refractivity contribution in [2.75, 3.05) is 6.54 Å². The summed E-state index contributed by atoms with van der Waals surface area (Å²) in [6.07, 6.45) is 2.38. The Kier molecular flexibility index (Phi) is 5.73. The highest BCUT2D eigenvalue weighted by Crippen LogP contribution is 2.21. The summed E-state index contributed by atoms with van der Waals surface area (Å²) < 4.78 is 7.22. The molecule has 1 atom stereocenters. The molecule has 0 saturated heterocycles. The molecule has 1 aromatic carbocycles. The van der Waals surface area contributed by atoms with Crippen molar-refractivity contribution in [1.82, 2.24) is 14.9 Å². The monoisotopic (exact) mass is 329 g/mol. The Morgan fingerprint density at radius 2 is 2.04 bits per heavy atom. The molecule has 2 aromatic rings. The van der Waals surface area contributed by atoms with E-state index in [0.29, 0.717) is 24.4 Å². The number of benzene rings is 1. The fraction of sp³-hybridized carbons (Fsp3) is 0.389. The zero-order chi connectivity index (χ0) is 17.7. The van der Waals surface area contributed by atoms with Gasteiger partial charge in [-0.2, -0.15) is 0 Å². The van der Waals surface area contributed by atoms with Crippen LogP contribution in [-0.4, -0.2) is 28.1 Å². The van der Waals surface area contributed by atoms with E-state index in [2.05, 4.69) is 10.3 Å². The van der Waals surface area contributed by atoms with Crippen molar-refractivity contribution in [3.8, 4) is 5.75 Å². The molecular formula is C18H23N3O3. The number of amides is 1. The van der Waals surface area contributed by atoms with Crippen molar-refractivity contribution in [2.45, 2.75) is 40.3 Å². The normalized spacial score (nSPS) is 11.8. The Hall–Kier alpha value is -2.63. The standard InChI is InChI=1S/C18H23N3O3/c1-12-6-5-7-16(14(12)3)24-15(4)17(22)20-8-9-21-11-19-10-13(2)18(21)23/h5-7,10-11,15H,8-9H2,1-4H3,(H,20,22). The maximum absolute atomic E-state index is 12.1. The average molecular weight is 329 g/mol. The lowest BCUT2D eigenvalue weighted by Crippen LogP contribution is -2.39. The first-order valence-electron chi connectivity index (χ1n) is 7.91. The van der Waals surface area contributed by atoms with Crippen molar-refractivity contribution < 1.29 is 9.53 Å². The fourth-order valence-electron chi connectivity index (χ4n) is 2.26. The van der Waals surface area contributed by atoms with Crippen LogP contribution in [0.15, 0.2) is 35.5 Å². The minimum atomic E-state index is -0.613. The first-order chi connectivity index (χ1) is 11.4. The van der Waals surface area contributed by atoms with Crippen molar-refractivity contribution in [1.29, 1.82) is 0 Å². The van der Waals surface area contributed by atoms with Crippen molar-refractivity contribution in [2.24, 2.45) is 0 Å². The van der Waals surface area contributed by atoms with E-state index in [1.165, 1.54) is 17.1 Å². The Bertz CT molecular complexity index is 783. The zero-order valence-corrected chi connectivity index (χ0v) is 14.5. The van der Waals surface area contributed by atoms with Gasteiger partial charge in [-0.15, -0.1) is 0 Å². The van der Waals surface area contributed by atoms with Crippen molar-refractivity contribution in [3.05, 3.63) is 57.8 Å². The van der Waals surface area contributed by atoms with Crippen LogP contribution in [0.25, 0.3) is 0 Å². The maximum atomic E-state index is 12.1. The number of ether oxygens (including phenoxy) is 1. The van der Waals surface area contributed by atoms with Gasteiger partial charge in [0, 0.05) is 24.8 Å². The number of carbonyl (C=O) groups excluding carboxylic acids is 1. The third kappa shape index (κ3) is 4.22. The van der Waals surface area contributed by atoms with Gasteiger partial charge in [-0.05, 0) is 44.9 Å². The van der Waals surface area contributed by atoms with E-state index in [1.807, 2.05) is 32.0 Å². The summed E-state index contributed by atoms with van der Waals surface area (Å²) in [5, 5.41) is 2.78. The summed E-state index contributed by atoms with van der Waals surface area (Å²) in [4.78, 5) is 28.0. The summed E-state index contributed by atoms with van der Waals surface area (Å²) in [5.41, 5.74) is 2.62. The molecule has 1 N–H and O–H groups in total. The van der Waals surface area contributed by atoms with Gasteiger partial charge < -0.3 is 10.1 Å². The first kappa shape index (κ1) is 17.7. The number of hydrogen-bond donors (Lipinski definition) is 1. The molecular weight excluding hydrogens is 306 g/mol. The Morgan fingerprint density at radius 1 is 1.29 bits per heavy atom. The molecule has 0 bridgehead atoms. The molecule has 6 heteroatoms. The molecule has 24 heavy (non-hydrogen) atoms. The molecule has 2 rings (SSSR count). The van der Waals surface area contributed by atoms with Crippen LogP contribution in [-0.2, 0) is 11.3 Å². The van der Waals surface area contributed by atoms with Gasteiger partial charge in [-0.3, -0.25) is 14.2 Å². The molecule has 1 heterocycles. The highest BCUT2D eigenvalue weighted by atomic mass is 16.5. The SMILES string of the molecule is Cc1cccc(OC(C)C(=O)NCCn2cncc(C)c2=O)c1C. The lowest BCUT2D eigenvalue weighted by Gasteiger charge is -2.17. The number of hydrogen-bond acceptors (Lipinski definition) is 4. The molecule has 0 aliphatic carbocycles. The Morgan fingerprint density at radius 3 is 2.79 bits per heavy atom. The van der Waals surface area contributed by atoms with Gasteiger partial charge >= 0.3 is 0 Å². The highest BCUT2D eigenvalue weighted by Gasteiger charge is 2.15. The predicted molar refractivity (Wildman–Crippen MR) is 92.2 cm³/mol. The molecule has 0 spiro atoms. The molecule has 1 amide bonds. The van der Waals surface area contributed by atoms with E-state index in [9.17, 15) is 9.59 Å². The summed E-state index contributed by atoms with van der Waals surface area (Å²) in [6, 6.07) is 5.75. The van der Waals surface area contributed by atoms with Gasteiger partial charge in [0.05, 0.1) is 6.33 Å². The van der Waals surface area contributed by atoms with Crippen LogP contribution in [0.1, 0.15) is 23.6 Å². The van der Waals surface area contributed by atoms with E-state index in [4.69, 9.17) is 4.74 Å². The Labute approximate surface area is 141 Å². The molecule has 0 radical (unpaired) electrons. The summed E-state index contributed by atoms with van der Waals surface area (Å²) in [5.74, 6) is 0.487. The van der Waals surface area contributed by atoms with Gasteiger partial charge in [0.15, 0.2) is 6.10 Å². The van der Waals surface area contributed by atoms with Crippen LogP contribution in [0.5, 0.6) is 5.75 Å². The maximum Gasteiger partial charge on any atom is 0.260 e. The molecule has 0 aliphatic heterocycles. The van der Waals surface area contributed by atoms with E-state index in [1.54, 1.807) is 13.8 Å². The summed E-state index contributed by atoms with van der Waals surface area (Å²) in [7, 11) is 0. The Balaban J connectivity index is 1.89. The van der Waals surface area contributed by atoms with Crippen molar-refractivity contribution >= 4 is 5.91 Å². The third-order valence-electron chi connectivity index (χ3n) is 3.95. The molecule has 6 nitrogen and oxygen atoms in total. The highest BCUT2D eigenvalue weighted by molar-refractivity contribution is 5.80. The fourth-order valence-corrected chi connectivity index (χ4v) is 2.26. The van der Waals surface area contributed by atoms with E-state index >= 15 is 0 Å². The first-order valence-corrected chi connectivity index (χ1v) is 7.91. The van der Waals surface area contributed by atoms with E-state index in [0.717, 1.165) is 11.1 Å². The average Bonchev–Trinajstić information content (AvgIpc) is 2.55. The van der Waals surface area contributed by atoms with Gasteiger partial charge in [0.2, 0.25) is 0 Å². The van der Waals surface area contributed by atoms with Crippen LogP contribution in [0.4, 0.5) is 0 Å². The predicted octanol–water partition coefficient (Wildman–Crippen LogP) is 1.75. The molecule has 0 fully saturated rings. The minimum absolute atomic E-state index is 0.0982. The smallest absolute Gasteiger partial charge is 0.260 e. The zero-order valence-electron chi connectivity index (χ0n) is 14.5. The van der Waals surface area contributed by atoms with Gasteiger partial charge in [-0.25, -0.2) is 4.98 Å². The number of carbonyl (C=O) groups is 1. The van der Waals surface area contributed by atoms with Crippen molar-refractivity contribution in [3.63, 3.8) is 0 Å². The number of nitrogens with one attached hydrogen (secondary N) is 1. The number of aryl methyl sites for hydroxylation is 2. The van der Waals surface area contributed by atoms with Crippen LogP contribution in [0, 0.1) is 20.8 Å². The molecule has 1 aromatic heterocycles. The van der Waals surface area contributed by atoms with E-state index < -0.39 is 6.10 Å². The second-order valence-electron chi connectivity index (χ2n) is 5.82. The second-order valence-corrected chi connectivity index (χ2v) is 5.82. The molecule has 0 aliphatic rings. The second kappa shape index (κ2) is 7.77. The number of nitrogens with zero attached hydrogens (tertiary/aromatic N) is 2. The van der Waals surface area contributed by atoms with Crippen LogP contribution >= 0.6 is 0 Å². The summed E-state index contributed by atoms with van der Waals surface area (Å²) in [6.45, 7) is 8.09. The van der Waals surface area contributed by atoms with E-state index in [-0.39, 0.29) is 11.5 Å². The van der Waals surface area contributed by atoms with Crippen LogP contribution in [0.3, 0.4) is 0 Å². The van der Waals surface area contributed by atoms with Gasteiger partial charge in [0.1, 0.15) is 5.75 Å². The lowest BCUT2D eigenvalue weighted by atomic mass is 10.1. The summed E-state index contributed by atoms with van der Waals surface area (Å²) >= 11 is 0. The van der Waals surface area contributed by atoms with Gasteiger partial charge in [0.25, 0.3) is 11.5 Å². The van der Waals surface area contributed by atoms with Crippen LogP contribution < -0.4 is 15.6 Å². The largest absolute Gasteiger partial charge is 0.481 e. The molecule has 0 saturated carbocycles. The third-order valence-corrected chi connectivity index (χ3v) is 3.95. The number of rotatable bonds is 6. The number of aromatic nitrogens is 2. The lowest BCUT2D eigenvalue weighted by molar-refractivity contribution is -0.127. The minimum Gasteiger partial charge on any atom is -0.481 e. The topological polar surface area (TPSA) is 73.2 Å². The quantitative estimate of drug-likeness (QED) is 0.876. The van der Waals surface area contributed by atoms with Gasteiger partial charge in [-0.1, -0.05) is 12.1 Å². The molecule has 128 valence electrons.